The number of fused-ring (bicyclic) bond motifs is 1. The van der Waals surface area contributed by atoms with Gasteiger partial charge < -0.3 is 4.74 Å². The summed E-state index contributed by atoms with van der Waals surface area (Å²) in [6.07, 6.45) is 0.610. The number of rotatable bonds is 6. The molecule has 5 rings (SSSR count). The molecule has 1 aromatic heterocycles. The van der Waals surface area contributed by atoms with Crippen molar-refractivity contribution >= 4 is 44.1 Å². The monoisotopic (exact) mass is 536 g/mol. The third-order valence-corrected chi connectivity index (χ3v) is 9.11. The fraction of sp³-hybridized carbons (Fsp3) is 0.250. The molecule has 0 saturated carbocycles. The van der Waals surface area contributed by atoms with E-state index in [0.717, 1.165) is 10.9 Å². The number of aromatic nitrogens is 2. The number of methoxy groups -OCH3 is 1. The van der Waals surface area contributed by atoms with Gasteiger partial charge in [-0.25, -0.2) is 17.9 Å². The first-order valence-electron chi connectivity index (χ1n) is 11.8. The average Bonchev–Trinajstić information content (AvgIpc) is 3.39. The molecular weight excluding hydrogens is 512 g/mol. The van der Waals surface area contributed by atoms with Crippen molar-refractivity contribution in [2.45, 2.75) is 19.8 Å². The highest BCUT2D eigenvalue weighted by molar-refractivity contribution is 7.91. The molecule has 0 N–H and O–H groups in total. The Morgan fingerprint density at radius 3 is 2.54 bits per heavy atom. The number of sulfone groups is 1. The van der Waals surface area contributed by atoms with Gasteiger partial charge in [0, 0.05) is 22.9 Å². The van der Waals surface area contributed by atoms with E-state index in [0.29, 0.717) is 39.5 Å². The van der Waals surface area contributed by atoms with Gasteiger partial charge in [-0.3, -0.25) is 4.79 Å². The third-order valence-electron chi connectivity index (χ3n) is 6.82. The van der Waals surface area contributed by atoms with Crippen molar-refractivity contribution < 1.29 is 22.7 Å². The van der Waals surface area contributed by atoms with Crippen molar-refractivity contribution in [2.24, 2.45) is 5.41 Å². The lowest BCUT2D eigenvalue weighted by Crippen LogP contribution is -2.22. The summed E-state index contributed by atoms with van der Waals surface area (Å²) in [4.78, 5) is 25.5. The Morgan fingerprint density at radius 2 is 1.84 bits per heavy atom. The smallest absolute Gasteiger partial charge is 0.337 e. The molecule has 2 heterocycles. The van der Waals surface area contributed by atoms with Crippen molar-refractivity contribution in [3.05, 3.63) is 82.9 Å². The Hall–Kier alpha value is -3.49. The number of Topliss-reactive ketones (excluding diaryl/α,β-unsaturated/α-hetero) is 1. The number of carbonyl (C=O) groups excluding carboxylic acids is 2. The van der Waals surface area contributed by atoms with E-state index in [1.54, 1.807) is 41.1 Å². The number of esters is 1. The number of hydrogen-bond acceptors (Lipinski definition) is 6. The highest BCUT2D eigenvalue weighted by Gasteiger charge is 2.40. The maximum atomic E-state index is 13.3. The fourth-order valence-corrected chi connectivity index (χ4v) is 7.41. The molecule has 37 heavy (non-hydrogen) atoms. The summed E-state index contributed by atoms with van der Waals surface area (Å²) in [5.74, 6) is -0.472. The van der Waals surface area contributed by atoms with E-state index in [1.165, 1.54) is 7.11 Å². The Kier molecular flexibility index (Phi) is 6.41. The number of halogens is 1. The van der Waals surface area contributed by atoms with Crippen LogP contribution in [-0.2, 0) is 14.6 Å². The normalized spacial score (nSPS) is 18.7. The maximum Gasteiger partial charge on any atom is 0.337 e. The molecule has 1 aliphatic rings. The minimum atomic E-state index is -3.12. The minimum Gasteiger partial charge on any atom is -0.465 e. The summed E-state index contributed by atoms with van der Waals surface area (Å²) in [7, 11) is -1.80. The number of hydrogen-bond donors (Lipinski definition) is 0. The standard InChI is InChI=1S/C28H25ClN2O5S/c1-28(12-13-37(34,35)17-28)16-25(32)18-10-11-22-24(15-18)31(20-7-5-6-19(14-20)27(33)36-2)30-26(22)21-8-3-4-9-23(21)29/h3-11,14-15H,12-13,16-17H2,1-2H3. The van der Waals surface area contributed by atoms with Crippen molar-refractivity contribution in [2.75, 3.05) is 18.6 Å². The van der Waals surface area contributed by atoms with Gasteiger partial charge >= 0.3 is 5.97 Å². The number of ether oxygens (including phenoxy) is 1. The zero-order valence-corrected chi connectivity index (χ0v) is 22.0. The number of ketones is 1. The van der Waals surface area contributed by atoms with E-state index >= 15 is 0 Å². The van der Waals surface area contributed by atoms with Crippen molar-refractivity contribution in [3.8, 4) is 16.9 Å². The molecule has 0 amide bonds. The van der Waals surface area contributed by atoms with Gasteiger partial charge in [0.15, 0.2) is 15.6 Å². The van der Waals surface area contributed by atoms with Crippen molar-refractivity contribution in [1.29, 1.82) is 0 Å². The number of nitrogens with zero attached hydrogens (tertiary/aromatic N) is 2. The van der Waals surface area contributed by atoms with E-state index in [4.69, 9.17) is 21.4 Å². The second-order valence-corrected chi connectivity index (χ2v) is 12.4. The van der Waals surface area contributed by atoms with Crippen LogP contribution in [0.3, 0.4) is 0 Å². The fourth-order valence-electron chi connectivity index (χ4n) is 4.93. The molecule has 4 aromatic rings. The van der Waals surface area contributed by atoms with E-state index in [2.05, 4.69) is 0 Å². The third kappa shape index (κ3) is 4.91. The molecule has 1 unspecified atom stereocenters. The van der Waals surface area contributed by atoms with Gasteiger partial charge in [0.2, 0.25) is 0 Å². The van der Waals surface area contributed by atoms with Crippen LogP contribution in [0.15, 0.2) is 66.7 Å². The molecule has 0 bridgehead atoms. The van der Waals surface area contributed by atoms with Gasteiger partial charge in [0.1, 0.15) is 5.69 Å². The van der Waals surface area contributed by atoms with Crippen LogP contribution in [0.2, 0.25) is 5.02 Å². The van der Waals surface area contributed by atoms with Crippen LogP contribution in [0.1, 0.15) is 40.5 Å². The molecule has 9 heteroatoms. The summed E-state index contributed by atoms with van der Waals surface area (Å²) in [6, 6.07) is 19.6. The summed E-state index contributed by atoms with van der Waals surface area (Å²) < 4.78 is 30.6. The first kappa shape index (κ1) is 25.2. The molecule has 190 valence electrons. The zero-order valence-electron chi connectivity index (χ0n) is 20.4. The first-order chi connectivity index (χ1) is 17.6. The molecule has 0 radical (unpaired) electrons. The lowest BCUT2D eigenvalue weighted by Gasteiger charge is -2.20. The van der Waals surface area contributed by atoms with Crippen molar-refractivity contribution in [3.63, 3.8) is 0 Å². The van der Waals surface area contributed by atoms with Crippen molar-refractivity contribution in [1.82, 2.24) is 9.78 Å². The highest BCUT2D eigenvalue weighted by atomic mass is 35.5. The summed E-state index contributed by atoms with van der Waals surface area (Å²) >= 11 is 6.50. The van der Waals surface area contributed by atoms with Crippen LogP contribution >= 0.6 is 11.6 Å². The van der Waals surface area contributed by atoms with Gasteiger partial charge in [-0.2, -0.15) is 5.10 Å². The molecule has 3 aromatic carbocycles. The average molecular weight is 537 g/mol. The van der Waals surface area contributed by atoms with Crippen LogP contribution in [0.4, 0.5) is 0 Å². The molecule has 7 nitrogen and oxygen atoms in total. The highest BCUT2D eigenvalue weighted by Crippen LogP contribution is 2.38. The Balaban J connectivity index is 1.64. The zero-order chi connectivity index (χ0) is 26.4. The van der Waals surface area contributed by atoms with Crippen LogP contribution in [0, 0.1) is 5.41 Å². The van der Waals surface area contributed by atoms with Crippen LogP contribution < -0.4 is 0 Å². The molecule has 0 aliphatic carbocycles. The van der Waals surface area contributed by atoms with E-state index < -0.39 is 21.2 Å². The van der Waals surface area contributed by atoms with Crippen LogP contribution in [0.5, 0.6) is 0 Å². The van der Waals surface area contributed by atoms with Crippen LogP contribution in [0.25, 0.3) is 27.8 Å². The lowest BCUT2D eigenvalue weighted by atomic mass is 9.83. The maximum absolute atomic E-state index is 13.3. The Morgan fingerprint density at radius 1 is 1.05 bits per heavy atom. The molecule has 1 saturated heterocycles. The molecule has 1 aliphatic heterocycles. The predicted octanol–water partition coefficient (Wildman–Crippen LogP) is 5.53. The van der Waals surface area contributed by atoms with E-state index in [1.807, 2.05) is 37.3 Å². The minimum absolute atomic E-state index is 0.0168. The van der Waals surface area contributed by atoms with Gasteiger partial charge in [-0.1, -0.05) is 48.9 Å². The van der Waals surface area contributed by atoms with E-state index in [-0.39, 0.29) is 23.7 Å². The van der Waals surface area contributed by atoms with Gasteiger partial charge in [-0.05, 0) is 48.2 Å². The lowest BCUT2D eigenvalue weighted by molar-refractivity contribution is 0.0600. The largest absolute Gasteiger partial charge is 0.465 e. The second kappa shape index (κ2) is 9.43. The number of carbonyl (C=O) groups is 2. The number of benzene rings is 3. The summed E-state index contributed by atoms with van der Waals surface area (Å²) in [5, 5.41) is 6.16. The first-order valence-corrected chi connectivity index (χ1v) is 14.0. The van der Waals surface area contributed by atoms with E-state index in [9.17, 15) is 18.0 Å². The SMILES string of the molecule is COC(=O)c1cccc(-n2nc(-c3ccccc3Cl)c3ccc(C(=O)CC4(C)CCS(=O)(=O)C4)cc32)c1. The quantitative estimate of drug-likeness (QED) is 0.237. The molecule has 0 spiro atoms. The summed E-state index contributed by atoms with van der Waals surface area (Å²) in [5.41, 5.74) is 2.90. The molecule has 1 atom stereocenters. The second-order valence-electron chi connectivity index (χ2n) is 9.77. The van der Waals surface area contributed by atoms with Gasteiger partial charge in [0.25, 0.3) is 0 Å². The Bertz CT molecular complexity index is 1660. The predicted molar refractivity (Wildman–Crippen MR) is 143 cm³/mol. The Labute approximate surface area is 219 Å². The summed E-state index contributed by atoms with van der Waals surface area (Å²) in [6.45, 7) is 1.85. The van der Waals surface area contributed by atoms with Gasteiger partial charge in [-0.15, -0.1) is 0 Å². The topological polar surface area (TPSA) is 95.3 Å². The molecule has 1 fully saturated rings. The molecular formula is C28H25ClN2O5S. The van der Waals surface area contributed by atoms with Crippen LogP contribution in [-0.4, -0.2) is 48.6 Å². The van der Waals surface area contributed by atoms with Gasteiger partial charge in [0.05, 0.1) is 40.4 Å².